The molecule has 2 fully saturated rings. The number of halogens is 3. The van der Waals surface area contributed by atoms with Crippen LogP contribution in [0.25, 0.3) is 0 Å². The fraction of sp³-hybridized carbons (Fsp3) is 0.360. The number of fused-ring (bicyclic) bond motifs is 1. The molecule has 1 aliphatic heterocycles. The maximum absolute atomic E-state index is 13.7. The minimum absolute atomic E-state index is 0.0254. The van der Waals surface area contributed by atoms with E-state index < -0.39 is 35.6 Å². The molecule has 2 aliphatic rings. The number of benzene rings is 2. The molecule has 2 aromatic carbocycles. The first-order chi connectivity index (χ1) is 16.1. The molecule has 34 heavy (non-hydrogen) atoms. The molecule has 178 valence electrons. The third kappa shape index (κ3) is 4.60. The van der Waals surface area contributed by atoms with E-state index in [1.54, 1.807) is 43.3 Å². The monoisotopic (exact) mass is 608 g/mol. The van der Waals surface area contributed by atoms with Gasteiger partial charge in [-0.25, -0.2) is 5.01 Å². The van der Waals surface area contributed by atoms with E-state index in [4.69, 9.17) is 11.6 Å². The molecular weight excluding hydrogens is 588 g/mol. The first kappa shape index (κ1) is 25.1. The van der Waals surface area contributed by atoms with Crippen molar-refractivity contribution in [3.05, 3.63) is 70.2 Å². The van der Waals surface area contributed by atoms with Crippen LogP contribution < -0.4 is 0 Å². The predicted molar refractivity (Wildman–Crippen MR) is 136 cm³/mol. The summed E-state index contributed by atoms with van der Waals surface area (Å²) in [6, 6.07) is 12.0. The highest BCUT2D eigenvalue weighted by Gasteiger charge is 2.55. The van der Waals surface area contributed by atoms with Gasteiger partial charge in [0.05, 0.1) is 11.8 Å². The van der Waals surface area contributed by atoms with E-state index in [1.807, 2.05) is 6.92 Å². The molecule has 0 N–H and O–H groups in total. The van der Waals surface area contributed by atoms with Crippen molar-refractivity contribution in [2.24, 2.45) is 11.8 Å². The minimum Gasteiger partial charge on any atom is -0.292 e. The SMILES string of the molecule is Cc1ccc(C(=O)[C@H](C)N(C(=O)c2ccc(Cl)cc2)N2C(=O)[C@@H]3C[C@@H](Br)[C@@H](Br)C[C@H]3C2=O)cc1. The second-order valence-electron chi connectivity index (χ2n) is 8.77. The number of aryl methyl sites for hydroxylation is 1. The molecule has 3 amide bonds. The van der Waals surface area contributed by atoms with E-state index in [-0.39, 0.29) is 21.0 Å². The maximum atomic E-state index is 13.7. The molecular formula is C25H23Br2ClN2O4. The quantitative estimate of drug-likeness (QED) is 0.265. The number of carbonyl (C=O) groups excluding carboxylic acids is 4. The fourth-order valence-corrected chi connectivity index (χ4v) is 5.89. The summed E-state index contributed by atoms with van der Waals surface area (Å²) in [4.78, 5) is 54.1. The van der Waals surface area contributed by atoms with E-state index >= 15 is 0 Å². The van der Waals surface area contributed by atoms with Gasteiger partial charge in [-0.2, -0.15) is 5.01 Å². The molecule has 5 atom stereocenters. The Morgan fingerprint density at radius 2 is 1.38 bits per heavy atom. The second kappa shape index (κ2) is 9.91. The largest absolute Gasteiger partial charge is 0.292 e. The number of imide groups is 1. The lowest BCUT2D eigenvalue weighted by atomic mass is 9.81. The molecule has 1 heterocycles. The Hall–Kier alpha value is -2.03. The summed E-state index contributed by atoms with van der Waals surface area (Å²) in [5.74, 6) is -2.99. The summed E-state index contributed by atoms with van der Waals surface area (Å²) in [5, 5.41) is 2.38. The number of Topliss-reactive ketones (excluding diaryl/α,β-unsaturated/α-hetero) is 1. The molecule has 1 saturated carbocycles. The highest BCUT2D eigenvalue weighted by Crippen LogP contribution is 2.44. The zero-order chi connectivity index (χ0) is 24.7. The fourth-order valence-electron chi connectivity index (χ4n) is 4.52. The van der Waals surface area contributed by atoms with Gasteiger partial charge in [-0.15, -0.1) is 0 Å². The lowest BCUT2D eigenvalue weighted by molar-refractivity contribution is -0.156. The number of amides is 3. The smallest absolute Gasteiger partial charge is 0.273 e. The summed E-state index contributed by atoms with van der Waals surface area (Å²) in [5.41, 5.74) is 1.60. The molecule has 0 spiro atoms. The molecule has 6 nitrogen and oxygen atoms in total. The van der Waals surface area contributed by atoms with Gasteiger partial charge in [0.15, 0.2) is 5.78 Å². The summed E-state index contributed by atoms with van der Waals surface area (Å²) in [7, 11) is 0. The van der Waals surface area contributed by atoms with Gasteiger partial charge in [-0.3, -0.25) is 19.2 Å². The number of nitrogens with zero attached hydrogens (tertiary/aromatic N) is 2. The zero-order valence-electron chi connectivity index (χ0n) is 18.6. The Bertz CT molecular complexity index is 1110. The number of hydrazine groups is 1. The standard InChI is InChI=1S/C25H23Br2ClN2O4/c1-13-3-5-15(6-4-13)22(31)14(2)29(23(32)16-7-9-17(28)10-8-16)30-24(33)18-11-20(26)21(27)12-19(18)25(30)34/h3-10,14,18-21H,11-12H2,1-2H3/t14-,18+,19+,20-,21+/m0/s1. The molecule has 1 aliphatic carbocycles. The lowest BCUT2D eigenvalue weighted by Gasteiger charge is -2.34. The third-order valence-electron chi connectivity index (χ3n) is 6.49. The van der Waals surface area contributed by atoms with Crippen molar-refractivity contribution in [1.29, 1.82) is 0 Å². The predicted octanol–water partition coefficient (Wildman–Crippen LogP) is 5.20. The second-order valence-corrected chi connectivity index (χ2v) is 11.6. The van der Waals surface area contributed by atoms with Gasteiger partial charge < -0.3 is 0 Å². The summed E-state index contributed by atoms with van der Waals surface area (Å²) < 4.78 is 0. The Morgan fingerprint density at radius 3 is 1.88 bits per heavy atom. The number of alkyl halides is 2. The molecule has 0 radical (unpaired) electrons. The zero-order valence-corrected chi connectivity index (χ0v) is 22.5. The van der Waals surface area contributed by atoms with Gasteiger partial charge >= 0.3 is 0 Å². The van der Waals surface area contributed by atoms with Crippen LogP contribution in [-0.2, 0) is 9.59 Å². The number of hydrogen-bond acceptors (Lipinski definition) is 4. The van der Waals surface area contributed by atoms with Crippen LogP contribution in [0.15, 0.2) is 48.5 Å². The highest BCUT2D eigenvalue weighted by atomic mass is 79.9. The third-order valence-corrected chi connectivity index (χ3v) is 9.47. The van der Waals surface area contributed by atoms with Crippen molar-refractivity contribution >= 4 is 67.0 Å². The van der Waals surface area contributed by atoms with Gasteiger partial charge in [0.1, 0.15) is 6.04 Å². The van der Waals surface area contributed by atoms with Crippen LogP contribution in [0.5, 0.6) is 0 Å². The van der Waals surface area contributed by atoms with E-state index in [9.17, 15) is 19.2 Å². The van der Waals surface area contributed by atoms with Crippen LogP contribution in [0, 0.1) is 18.8 Å². The Kier molecular flexibility index (Phi) is 7.31. The van der Waals surface area contributed by atoms with Gasteiger partial charge in [-0.1, -0.05) is 73.3 Å². The average molecular weight is 611 g/mol. The summed E-state index contributed by atoms with van der Waals surface area (Å²) in [6.07, 6.45) is 0.926. The number of ketones is 1. The van der Waals surface area contributed by atoms with Crippen molar-refractivity contribution < 1.29 is 19.2 Å². The van der Waals surface area contributed by atoms with Crippen LogP contribution in [-0.4, -0.2) is 49.2 Å². The lowest BCUT2D eigenvalue weighted by Crippen LogP contribution is -2.56. The Balaban J connectivity index is 1.74. The van der Waals surface area contributed by atoms with Crippen LogP contribution in [0.1, 0.15) is 46.0 Å². The number of carbonyl (C=O) groups is 4. The number of rotatable bonds is 5. The van der Waals surface area contributed by atoms with Crippen molar-refractivity contribution in [2.75, 3.05) is 0 Å². The van der Waals surface area contributed by atoms with E-state index in [0.717, 1.165) is 15.6 Å². The normalized spacial score (nSPS) is 25.1. The summed E-state index contributed by atoms with van der Waals surface area (Å²) >= 11 is 13.1. The highest BCUT2D eigenvalue weighted by molar-refractivity contribution is 9.12. The topological polar surface area (TPSA) is 74.8 Å². The molecule has 1 saturated heterocycles. The molecule has 0 bridgehead atoms. The molecule has 0 aromatic heterocycles. The van der Waals surface area contributed by atoms with Crippen LogP contribution in [0.4, 0.5) is 0 Å². The van der Waals surface area contributed by atoms with Gasteiger partial charge in [0.25, 0.3) is 17.7 Å². The molecule has 2 aromatic rings. The summed E-state index contributed by atoms with van der Waals surface area (Å²) in [6.45, 7) is 3.45. The first-order valence-corrected chi connectivity index (χ1v) is 13.2. The molecule has 9 heteroatoms. The van der Waals surface area contributed by atoms with E-state index in [2.05, 4.69) is 31.9 Å². The maximum Gasteiger partial charge on any atom is 0.273 e. The van der Waals surface area contributed by atoms with Crippen LogP contribution >= 0.6 is 43.5 Å². The van der Waals surface area contributed by atoms with Crippen molar-refractivity contribution in [3.8, 4) is 0 Å². The van der Waals surface area contributed by atoms with Gasteiger partial charge in [0.2, 0.25) is 0 Å². The Labute approximate surface area is 219 Å². The van der Waals surface area contributed by atoms with Gasteiger partial charge in [-0.05, 0) is 51.0 Å². The molecule has 4 rings (SSSR count). The van der Waals surface area contributed by atoms with Gasteiger partial charge in [0, 0.05) is 25.8 Å². The van der Waals surface area contributed by atoms with Crippen molar-refractivity contribution in [3.63, 3.8) is 0 Å². The average Bonchev–Trinajstić information content (AvgIpc) is 3.04. The van der Waals surface area contributed by atoms with Crippen molar-refractivity contribution in [1.82, 2.24) is 10.0 Å². The molecule has 0 unspecified atom stereocenters. The minimum atomic E-state index is -1.08. The first-order valence-electron chi connectivity index (χ1n) is 11.0. The van der Waals surface area contributed by atoms with Crippen LogP contribution in [0.2, 0.25) is 5.02 Å². The van der Waals surface area contributed by atoms with Crippen molar-refractivity contribution in [2.45, 2.75) is 42.4 Å². The van der Waals surface area contributed by atoms with Crippen LogP contribution in [0.3, 0.4) is 0 Å². The van der Waals surface area contributed by atoms with E-state index in [0.29, 0.717) is 23.4 Å². The Morgan fingerprint density at radius 1 is 0.912 bits per heavy atom. The number of hydrogen-bond donors (Lipinski definition) is 0. The van der Waals surface area contributed by atoms with E-state index in [1.165, 1.54) is 12.1 Å².